The van der Waals surface area contributed by atoms with Crippen LogP contribution in [0.4, 0.5) is 0 Å². The molecule has 1 aliphatic rings. The van der Waals surface area contributed by atoms with E-state index in [9.17, 15) is 9.59 Å². The first-order chi connectivity index (χ1) is 20.8. The highest BCUT2D eigenvalue weighted by atomic mass is 32.2. The fourth-order valence-corrected chi connectivity index (χ4v) is 5.55. The smallest absolute Gasteiger partial charge is 0.332 e. The molecule has 0 unspecified atom stereocenters. The van der Waals surface area contributed by atoms with E-state index in [1.165, 1.54) is 0 Å². The molecule has 0 bridgehead atoms. The SMILES string of the molecule is CCS[C@@H]1O[C@H](COCC(=O)OC(C)(C)C)[C@H](OCC(=O)OC(C)(C)C)[C@H](OCc2ccccc2)[C@H]1OCc1ccccc1. The van der Waals surface area contributed by atoms with Gasteiger partial charge in [0, 0.05) is 0 Å². The Bertz CT molecular complexity index is 1130. The number of benzene rings is 2. The second kappa shape index (κ2) is 17.3. The maximum absolute atomic E-state index is 12.7. The monoisotopic (exact) mass is 632 g/mol. The van der Waals surface area contributed by atoms with E-state index in [2.05, 4.69) is 0 Å². The third-order valence-electron chi connectivity index (χ3n) is 6.23. The van der Waals surface area contributed by atoms with E-state index in [0.29, 0.717) is 6.61 Å². The summed E-state index contributed by atoms with van der Waals surface area (Å²) >= 11 is 1.58. The minimum atomic E-state index is -0.778. The van der Waals surface area contributed by atoms with Crippen molar-refractivity contribution in [3.05, 3.63) is 71.8 Å². The standard InChI is InChI=1S/C34H48O9S/c1-8-44-32-31(39-20-25-17-13-10-14-18-25)30(38-19-24-15-11-9-12-16-24)29(40-23-28(36)43-34(5,6)7)26(41-32)21-37-22-27(35)42-33(2,3)4/h9-18,26,29-32H,8,19-23H2,1-7H3/t26-,29+,30+,31-,32+/m1/s1. The van der Waals surface area contributed by atoms with Crippen molar-refractivity contribution in [2.75, 3.05) is 25.6 Å². The van der Waals surface area contributed by atoms with Gasteiger partial charge in [-0.05, 0) is 58.4 Å². The molecule has 244 valence electrons. The molecule has 9 nitrogen and oxygen atoms in total. The van der Waals surface area contributed by atoms with Gasteiger partial charge in [-0.1, -0.05) is 67.6 Å². The van der Waals surface area contributed by atoms with Gasteiger partial charge in [-0.25, -0.2) is 9.59 Å². The maximum Gasteiger partial charge on any atom is 0.332 e. The lowest BCUT2D eigenvalue weighted by Crippen LogP contribution is -2.60. The van der Waals surface area contributed by atoms with Gasteiger partial charge in [0.2, 0.25) is 0 Å². The van der Waals surface area contributed by atoms with Crippen molar-refractivity contribution < 1.29 is 42.7 Å². The van der Waals surface area contributed by atoms with Crippen molar-refractivity contribution in [1.29, 1.82) is 0 Å². The normalized spacial score (nSPS) is 22.4. The number of carbonyl (C=O) groups excluding carboxylic acids is 2. The summed E-state index contributed by atoms with van der Waals surface area (Å²) < 4.78 is 42.6. The quantitative estimate of drug-likeness (QED) is 0.227. The van der Waals surface area contributed by atoms with Crippen LogP contribution in [0.3, 0.4) is 0 Å². The van der Waals surface area contributed by atoms with Crippen LogP contribution in [0.25, 0.3) is 0 Å². The fourth-order valence-electron chi connectivity index (χ4n) is 4.58. The number of carbonyl (C=O) groups is 2. The summed E-state index contributed by atoms with van der Waals surface area (Å²) in [7, 11) is 0. The first kappa shape index (κ1) is 36.0. The summed E-state index contributed by atoms with van der Waals surface area (Å²) in [5, 5.41) is 0. The van der Waals surface area contributed by atoms with E-state index >= 15 is 0 Å². The molecule has 1 saturated heterocycles. The van der Waals surface area contributed by atoms with Crippen molar-refractivity contribution >= 4 is 23.7 Å². The zero-order chi connectivity index (χ0) is 32.2. The molecule has 0 amide bonds. The Kier molecular flexibility index (Phi) is 14.1. The third-order valence-corrected chi connectivity index (χ3v) is 7.27. The number of hydrogen-bond acceptors (Lipinski definition) is 10. The van der Waals surface area contributed by atoms with Gasteiger partial charge in [0.15, 0.2) is 0 Å². The predicted octanol–water partition coefficient (Wildman–Crippen LogP) is 5.72. The summed E-state index contributed by atoms with van der Waals surface area (Å²) in [5.41, 5.74) is 0.240. The van der Waals surface area contributed by atoms with Crippen LogP contribution in [0, 0.1) is 0 Å². The summed E-state index contributed by atoms with van der Waals surface area (Å²) in [4.78, 5) is 25.1. The molecule has 1 heterocycles. The Morgan fingerprint density at radius 3 is 1.70 bits per heavy atom. The predicted molar refractivity (Wildman–Crippen MR) is 169 cm³/mol. The first-order valence-corrected chi connectivity index (χ1v) is 16.1. The molecule has 0 saturated carbocycles. The topological polar surface area (TPSA) is 98.8 Å². The van der Waals surface area contributed by atoms with Crippen molar-refractivity contribution in [2.45, 2.75) is 103 Å². The molecule has 2 aromatic carbocycles. The molecule has 0 aromatic heterocycles. The van der Waals surface area contributed by atoms with Crippen LogP contribution < -0.4 is 0 Å². The molecule has 1 aliphatic heterocycles. The lowest BCUT2D eigenvalue weighted by molar-refractivity contribution is -0.253. The zero-order valence-electron chi connectivity index (χ0n) is 27.0. The highest BCUT2D eigenvalue weighted by Gasteiger charge is 2.49. The van der Waals surface area contributed by atoms with Crippen LogP contribution >= 0.6 is 11.8 Å². The molecule has 5 atom stereocenters. The van der Waals surface area contributed by atoms with E-state index in [4.69, 9.17) is 33.2 Å². The van der Waals surface area contributed by atoms with Crippen molar-refractivity contribution in [1.82, 2.24) is 0 Å². The number of ether oxygens (including phenoxy) is 7. The van der Waals surface area contributed by atoms with Crippen LogP contribution in [-0.2, 0) is 56.0 Å². The average molecular weight is 633 g/mol. The van der Waals surface area contributed by atoms with E-state index in [1.54, 1.807) is 53.3 Å². The molecule has 3 rings (SSSR count). The Morgan fingerprint density at radius 2 is 1.20 bits per heavy atom. The van der Waals surface area contributed by atoms with E-state index in [0.717, 1.165) is 16.9 Å². The lowest BCUT2D eigenvalue weighted by Gasteiger charge is -2.45. The molecular formula is C34H48O9S. The Labute approximate surface area is 266 Å². The van der Waals surface area contributed by atoms with Crippen LogP contribution in [0.2, 0.25) is 0 Å². The van der Waals surface area contributed by atoms with Crippen LogP contribution in [0.5, 0.6) is 0 Å². The molecule has 0 spiro atoms. The van der Waals surface area contributed by atoms with Gasteiger partial charge in [0.05, 0.1) is 19.8 Å². The van der Waals surface area contributed by atoms with Crippen LogP contribution in [-0.4, -0.2) is 78.6 Å². The number of hydrogen-bond donors (Lipinski definition) is 0. The minimum Gasteiger partial charge on any atom is -0.458 e. The Morgan fingerprint density at radius 1 is 0.705 bits per heavy atom. The molecule has 44 heavy (non-hydrogen) atoms. The van der Waals surface area contributed by atoms with Gasteiger partial charge in [-0.3, -0.25) is 0 Å². The zero-order valence-corrected chi connectivity index (χ0v) is 27.8. The lowest BCUT2D eigenvalue weighted by atomic mass is 9.99. The van der Waals surface area contributed by atoms with E-state index in [-0.39, 0.29) is 26.4 Å². The molecule has 0 N–H and O–H groups in total. The summed E-state index contributed by atoms with van der Waals surface area (Å²) in [5.74, 6) is -0.240. The molecule has 10 heteroatoms. The molecule has 2 aromatic rings. The van der Waals surface area contributed by atoms with Gasteiger partial charge < -0.3 is 33.2 Å². The van der Waals surface area contributed by atoms with Crippen molar-refractivity contribution in [3.63, 3.8) is 0 Å². The second-order valence-corrected chi connectivity index (χ2v) is 13.9. The number of rotatable bonds is 15. The summed E-state index contributed by atoms with van der Waals surface area (Å²) in [6, 6.07) is 19.7. The summed E-state index contributed by atoms with van der Waals surface area (Å²) in [6.45, 7) is 12.9. The highest BCUT2D eigenvalue weighted by molar-refractivity contribution is 7.99. The van der Waals surface area contributed by atoms with Crippen LogP contribution in [0.1, 0.15) is 59.6 Å². The van der Waals surface area contributed by atoms with E-state index in [1.807, 2.05) is 67.6 Å². The number of esters is 2. The average Bonchev–Trinajstić information content (AvgIpc) is 2.94. The minimum absolute atomic E-state index is 0.00953. The molecule has 0 radical (unpaired) electrons. The highest BCUT2D eigenvalue weighted by Crippen LogP contribution is 2.35. The maximum atomic E-state index is 12.7. The fraction of sp³-hybridized carbons (Fsp3) is 0.588. The second-order valence-electron chi connectivity index (χ2n) is 12.5. The first-order valence-electron chi connectivity index (χ1n) is 15.1. The molecule has 0 aliphatic carbocycles. The van der Waals surface area contributed by atoms with Crippen LogP contribution in [0.15, 0.2) is 60.7 Å². The Hall–Kier alpha value is -2.47. The van der Waals surface area contributed by atoms with Gasteiger partial charge in [0.25, 0.3) is 0 Å². The van der Waals surface area contributed by atoms with Gasteiger partial charge in [-0.2, -0.15) is 0 Å². The number of thioether (sulfide) groups is 1. The largest absolute Gasteiger partial charge is 0.458 e. The Balaban J connectivity index is 1.88. The van der Waals surface area contributed by atoms with Gasteiger partial charge >= 0.3 is 11.9 Å². The van der Waals surface area contributed by atoms with Gasteiger partial charge in [-0.15, -0.1) is 11.8 Å². The molecule has 1 fully saturated rings. The van der Waals surface area contributed by atoms with Crippen molar-refractivity contribution in [2.24, 2.45) is 0 Å². The third kappa shape index (κ3) is 12.9. The summed E-state index contributed by atoms with van der Waals surface area (Å²) in [6.07, 6.45) is -2.65. The molecular weight excluding hydrogens is 584 g/mol. The van der Waals surface area contributed by atoms with E-state index < -0.39 is 53.0 Å². The van der Waals surface area contributed by atoms with Crippen molar-refractivity contribution in [3.8, 4) is 0 Å². The van der Waals surface area contributed by atoms with Gasteiger partial charge in [0.1, 0.15) is 54.3 Å².